The Balaban J connectivity index is 2.11. The van der Waals surface area contributed by atoms with Gasteiger partial charge in [0.15, 0.2) is 0 Å². The Morgan fingerprint density at radius 1 is 1.42 bits per heavy atom. The molecule has 0 amide bonds. The summed E-state index contributed by atoms with van der Waals surface area (Å²) < 4.78 is 14.1. The first-order valence-electron chi connectivity index (χ1n) is 6.62. The summed E-state index contributed by atoms with van der Waals surface area (Å²) in [7, 11) is 0. The molecule has 1 fully saturated rings. The summed E-state index contributed by atoms with van der Waals surface area (Å²) in [6.45, 7) is 1.88. The predicted octanol–water partition coefficient (Wildman–Crippen LogP) is 1.50. The van der Waals surface area contributed by atoms with Crippen LogP contribution in [0.25, 0.3) is 0 Å². The van der Waals surface area contributed by atoms with Crippen LogP contribution in [0.3, 0.4) is 0 Å². The number of aliphatic hydroxyl groups excluding tert-OH is 1. The van der Waals surface area contributed by atoms with Gasteiger partial charge >= 0.3 is 0 Å². The average molecular weight is 265 g/mol. The third kappa shape index (κ3) is 3.30. The molecule has 0 radical (unpaired) electrons. The first kappa shape index (κ1) is 14.0. The fourth-order valence-electron chi connectivity index (χ4n) is 2.35. The van der Waals surface area contributed by atoms with Crippen molar-refractivity contribution in [2.24, 2.45) is 5.73 Å². The van der Waals surface area contributed by atoms with Gasteiger partial charge < -0.3 is 21.1 Å². The van der Waals surface area contributed by atoms with Crippen LogP contribution in [0.2, 0.25) is 0 Å². The van der Waals surface area contributed by atoms with E-state index in [1.165, 1.54) is 6.07 Å². The number of hydrogen-bond acceptors (Lipinski definition) is 4. The highest BCUT2D eigenvalue weighted by Gasteiger charge is 2.17. The van der Waals surface area contributed by atoms with E-state index in [1.807, 2.05) is 4.90 Å². The van der Waals surface area contributed by atoms with Gasteiger partial charge in [0.25, 0.3) is 0 Å². The van der Waals surface area contributed by atoms with E-state index in [-0.39, 0.29) is 24.5 Å². The molecular formula is C14H20FN3O. The molecule has 0 spiro atoms. The van der Waals surface area contributed by atoms with Crippen molar-refractivity contribution in [3.63, 3.8) is 0 Å². The maximum atomic E-state index is 14.1. The van der Waals surface area contributed by atoms with Gasteiger partial charge in [-0.1, -0.05) is 6.07 Å². The SMILES string of the molecule is N=C(CC(O)CN)c1ccc(N2CCCC2)c(F)c1. The summed E-state index contributed by atoms with van der Waals surface area (Å²) in [4.78, 5) is 2.03. The van der Waals surface area contributed by atoms with Crippen LogP contribution in [0.15, 0.2) is 18.2 Å². The minimum atomic E-state index is -0.742. The summed E-state index contributed by atoms with van der Waals surface area (Å²) in [5.74, 6) is -0.300. The maximum Gasteiger partial charge on any atom is 0.147 e. The Labute approximate surface area is 112 Å². The Hall–Kier alpha value is -1.46. The Morgan fingerprint density at radius 2 is 2.11 bits per heavy atom. The molecule has 0 saturated carbocycles. The van der Waals surface area contributed by atoms with Gasteiger partial charge in [-0.25, -0.2) is 4.39 Å². The van der Waals surface area contributed by atoms with Crippen molar-refractivity contribution >= 4 is 11.4 Å². The summed E-state index contributed by atoms with van der Waals surface area (Å²) in [5.41, 5.74) is 6.63. The van der Waals surface area contributed by atoms with Crippen molar-refractivity contribution in [2.75, 3.05) is 24.5 Å². The monoisotopic (exact) mass is 265 g/mol. The molecule has 0 aliphatic carbocycles. The van der Waals surface area contributed by atoms with Crippen LogP contribution in [-0.2, 0) is 0 Å². The second-order valence-electron chi connectivity index (χ2n) is 4.93. The normalized spacial score (nSPS) is 16.7. The zero-order chi connectivity index (χ0) is 13.8. The first-order valence-corrected chi connectivity index (χ1v) is 6.62. The molecule has 19 heavy (non-hydrogen) atoms. The summed E-state index contributed by atoms with van der Waals surface area (Å²) in [6, 6.07) is 4.83. The zero-order valence-corrected chi connectivity index (χ0v) is 10.9. The van der Waals surface area contributed by atoms with Crippen molar-refractivity contribution < 1.29 is 9.50 Å². The van der Waals surface area contributed by atoms with E-state index in [0.717, 1.165) is 25.9 Å². The molecule has 1 unspecified atom stereocenters. The van der Waals surface area contributed by atoms with E-state index < -0.39 is 6.10 Å². The van der Waals surface area contributed by atoms with Gasteiger partial charge in [0, 0.05) is 31.8 Å². The van der Waals surface area contributed by atoms with E-state index >= 15 is 0 Å². The molecule has 1 aliphatic heterocycles. The third-order valence-electron chi connectivity index (χ3n) is 3.45. The molecule has 2 rings (SSSR count). The lowest BCUT2D eigenvalue weighted by Gasteiger charge is -2.19. The van der Waals surface area contributed by atoms with E-state index in [1.54, 1.807) is 12.1 Å². The largest absolute Gasteiger partial charge is 0.391 e. The molecule has 4 nitrogen and oxygen atoms in total. The number of rotatable bonds is 5. The molecular weight excluding hydrogens is 245 g/mol. The van der Waals surface area contributed by atoms with Gasteiger partial charge in [-0.05, 0) is 30.5 Å². The highest BCUT2D eigenvalue weighted by molar-refractivity contribution is 5.98. The van der Waals surface area contributed by atoms with Gasteiger partial charge in [0.1, 0.15) is 5.82 Å². The number of nitrogens with one attached hydrogen (secondary N) is 1. The molecule has 1 aliphatic rings. The van der Waals surface area contributed by atoms with Crippen LogP contribution in [0, 0.1) is 11.2 Å². The molecule has 1 heterocycles. The van der Waals surface area contributed by atoms with Crippen molar-refractivity contribution in [3.8, 4) is 0 Å². The lowest BCUT2D eigenvalue weighted by Crippen LogP contribution is -2.23. The summed E-state index contributed by atoms with van der Waals surface area (Å²) in [5, 5.41) is 17.3. The summed E-state index contributed by atoms with van der Waals surface area (Å²) in [6.07, 6.45) is 1.60. The van der Waals surface area contributed by atoms with Gasteiger partial charge in [-0.2, -0.15) is 0 Å². The molecule has 1 saturated heterocycles. The molecule has 5 heteroatoms. The van der Waals surface area contributed by atoms with Crippen molar-refractivity contribution in [2.45, 2.75) is 25.4 Å². The van der Waals surface area contributed by atoms with E-state index in [0.29, 0.717) is 11.3 Å². The van der Waals surface area contributed by atoms with Gasteiger partial charge in [-0.15, -0.1) is 0 Å². The maximum absolute atomic E-state index is 14.1. The molecule has 1 aromatic carbocycles. The van der Waals surface area contributed by atoms with Crippen LogP contribution >= 0.6 is 0 Å². The standard InChI is InChI=1S/C14H20FN3O/c15-12-7-10(13(17)8-11(19)9-16)3-4-14(12)18-5-1-2-6-18/h3-4,7,11,17,19H,1-2,5-6,8-9,16H2. The fraction of sp³-hybridized carbons (Fsp3) is 0.500. The third-order valence-corrected chi connectivity index (χ3v) is 3.45. The first-order chi connectivity index (χ1) is 9.11. The Kier molecular flexibility index (Phi) is 4.50. The second kappa shape index (κ2) is 6.12. The number of benzene rings is 1. The molecule has 1 aromatic rings. The Morgan fingerprint density at radius 3 is 2.68 bits per heavy atom. The fourth-order valence-corrected chi connectivity index (χ4v) is 2.35. The number of halogens is 1. The van der Waals surface area contributed by atoms with Crippen molar-refractivity contribution in [1.82, 2.24) is 0 Å². The van der Waals surface area contributed by atoms with Crippen molar-refractivity contribution in [3.05, 3.63) is 29.6 Å². The number of aliphatic hydroxyl groups is 1. The van der Waals surface area contributed by atoms with Gasteiger partial charge in [0.05, 0.1) is 11.8 Å². The van der Waals surface area contributed by atoms with Crippen LogP contribution in [0.4, 0.5) is 10.1 Å². The minimum Gasteiger partial charge on any atom is -0.391 e. The Bertz CT molecular complexity index is 458. The molecule has 1 atom stereocenters. The molecule has 0 aromatic heterocycles. The smallest absolute Gasteiger partial charge is 0.147 e. The van der Waals surface area contributed by atoms with Crippen LogP contribution in [0.1, 0.15) is 24.8 Å². The highest BCUT2D eigenvalue weighted by atomic mass is 19.1. The van der Waals surface area contributed by atoms with Gasteiger partial charge in [-0.3, -0.25) is 0 Å². The lowest BCUT2D eigenvalue weighted by atomic mass is 10.0. The zero-order valence-electron chi connectivity index (χ0n) is 10.9. The van der Waals surface area contributed by atoms with Gasteiger partial charge in [0.2, 0.25) is 0 Å². The van der Waals surface area contributed by atoms with Crippen LogP contribution < -0.4 is 10.6 Å². The van der Waals surface area contributed by atoms with Crippen LogP contribution in [0.5, 0.6) is 0 Å². The molecule has 0 bridgehead atoms. The lowest BCUT2D eigenvalue weighted by molar-refractivity contribution is 0.191. The summed E-state index contributed by atoms with van der Waals surface area (Å²) >= 11 is 0. The van der Waals surface area contributed by atoms with Crippen molar-refractivity contribution in [1.29, 1.82) is 5.41 Å². The highest BCUT2D eigenvalue weighted by Crippen LogP contribution is 2.24. The number of hydrogen-bond donors (Lipinski definition) is 3. The second-order valence-corrected chi connectivity index (χ2v) is 4.93. The van der Waals surface area contributed by atoms with E-state index in [2.05, 4.69) is 0 Å². The number of nitrogens with two attached hydrogens (primary N) is 1. The van der Waals surface area contributed by atoms with Crippen LogP contribution in [-0.4, -0.2) is 36.6 Å². The van der Waals surface area contributed by atoms with E-state index in [4.69, 9.17) is 11.1 Å². The predicted molar refractivity (Wildman–Crippen MR) is 74.4 cm³/mol. The number of nitrogens with zero attached hydrogens (tertiary/aromatic N) is 1. The quantitative estimate of drug-likeness (QED) is 0.706. The number of anilines is 1. The minimum absolute atomic E-state index is 0.108. The molecule has 104 valence electrons. The topological polar surface area (TPSA) is 73.3 Å². The average Bonchev–Trinajstić information content (AvgIpc) is 2.92. The molecule has 4 N–H and O–H groups in total. The van der Waals surface area contributed by atoms with E-state index in [9.17, 15) is 9.50 Å².